The van der Waals surface area contributed by atoms with Crippen molar-refractivity contribution in [3.8, 4) is 0 Å². The number of nitrogens with one attached hydrogen (secondary N) is 1. The van der Waals surface area contributed by atoms with Crippen molar-refractivity contribution >= 4 is 27.2 Å². The number of pyridine rings is 1. The van der Waals surface area contributed by atoms with Crippen LogP contribution in [0, 0.1) is 13.8 Å². The number of anilines is 3. The van der Waals surface area contributed by atoms with Gasteiger partial charge in [0, 0.05) is 12.7 Å². The second kappa shape index (κ2) is 7.17. The molecule has 3 rings (SSSR count). The highest BCUT2D eigenvalue weighted by atomic mass is 32.2. The number of sulfonamides is 1. The van der Waals surface area contributed by atoms with Gasteiger partial charge in [-0.05, 0) is 55.3 Å². The van der Waals surface area contributed by atoms with Crippen LogP contribution in [0.2, 0.25) is 0 Å². The van der Waals surface area contributed by atoms with Crippen LogP contribution in [0.4, 0.5) is 17.2 Å². The standard InChI is InChI=1S/C20H21N3O2S/c1-15-9-10-16(2)19(13-15)26(24,25)22-17-11-12-20(21-14-17)23(3)18-7-5-4-6-8-18/h4-14,22H,1-3H3. The molecule has 0 radical (unpaired) electrons. The molecule has 3 aromatic rings. The van der Waals surface area contributed by atoms with Gasteiger partial charge in [0.1, 0.15) is 5.82 Å². The zero-order valence-electron chi connectivity index (χ0n) is 15.0. The van der Waals surface area contributed by atoms with Crippen molar-refractivity contribution in [2.75, 3.05) is 16.7 Å². The van der Waals surface area contributed by atoms with E-state index in [0.717, 1.165) is 17.1 Å². The topological polar surface area (TPSA) is 62.3 Å². The molecule has 0 aliphatic carbocycles. The molecule has 0 saturated heterocycles. The first kappa shape index (κ1) is 17.9. The summed E-state index contributed by atoms with van der Waals surface area (Å²) in [6.07, 6.45) is 1.53. The molecule has 0 saturated carbocycles. The van der Waals surface area contributed by atoms with Crippen LogP contribution in [-0.2, 0) is 10.0 Å². The second-order valence-electron chi connectivity index (χ2n) is 6.17. The quantitative estimate of drug-likeness (QED) is 0.732. The predicted molar refractivity (Wildman–Crippen MR) is 105 cm³/mol. The Labute approximate surface area is 154 Å². The van der Waals surface area contributed by atoms with Crippen molar-refractivity contribution in [1.82, 2.24) is 4.98 Å². The number of hydrogen-bond donors (Lipinski definition) is 1. The van der Waals surface area contributed by atoms with Crippen LogP contribution in [0.3, 0.4) is 0 Å². The van der Waals surface area contributed by atoms with Gasteiger partial charge in [-0.25, -0.2) is 13.4 Å². The maximum atomic E-state index is 12.7. The van der Waals surface area contributed by atoms with Gasteiger partial charge < -0.3 is 4.90 Å². The smallest absolute Gasteiger partial charge is 0.262 e. The highest BCUT2D eigenvalue weighted by Gasteiger charge is 2.17. The molecule has 6 heteroatoms. The average molecular weight is 367 g/mol. The normalized spacial score (nSPS) is 11.2. The van der Waals surface area contributed by atoms with Gasteiger partial charge in [-0.1, -0.05) is 30.3 Å². The maximum absolute atomic E-state index is 12.7. The highest BCUT2D eigenvalue weighted by Crippen LogP contribution is 2.24. The van der Waals surface area contributed by atoms with Crippen LogP contribution in [0.5, 0.6) is 0 Å². The van der Waals surface area contributed by atoms with E-state index in [0.29, 0.717) is 11.3 Å². The van der Waals surface area contributed by atoms with Crippen LogP contribution in [0.25, 0.3) is 0 Å². The summed E-state index contributed by atoms with van der Waals surface area (Å²) in [4.78, 5) is 6.59. The summed E-state index contributed by atoms with van der Waals surface area (Å²) in [5, 5.41) is 0. The first-order valence-electron chi connectivity index (χ1n) is 8.22. The van der Waals surface area contributed by atoms with E-state index in [4.69, 9.17) is 0 Å². The Hall–Kier alpha value is -2.86. The minimum absolute atomic E-state index is 0.281. The molecule has 1 heterocycles. The SMILES string of the molecule is Cc1ccc(C)c(S(=O)(=O)Nc2ccc(N(C)c3ccccc3)nc2)c1. The van der Waals surface area contributed by atoms with Crippen molar-refractivity contribution in [1.29, 1.82) is 0 Å². The zero-order valence-corrected chi connectivity index (χ0v) is 15.8. The summed E-state index contributed by atoms with van der Waals surface area (Å²) in [5.74, 6) is 0.728. The minimum atomic E-state index is -3.66. The Morgan fingerprint density at radius 2 is 1.69 bits per heavy atom. The molecule has 2 aromatic carbocycles. The molecule has 26 heavy (non-hydrogen) atoms. The molecule has 0 atom stereocenters. The maximum Gasteiger partial charge on any atom is 0.262 e. The van der Waals surface area contributed by atoms with Gasteiger partial charge >= 0.3 is 0 Å². The first-order chi connectivity index (χ1) is 12.4. The Morgan fingerprint density at radius 1 is 0.962 bits per heavy atom. The minimum Gasteiger partial charge on any atom is -0.329 e. The molecule has 134 valence electrons. The zero-order chi connectivity index (χ0) is 18.7. The van der Waals surface area contributed by atoms with Gasteiger partial charge in [0.05, 0.1) is 16.8 Å². The molecule has 1 N–H and O–H groups in total. The van der Waals surface area contributed by atoms with E-state index < -0.39 is 10.0 Å². The molecule has 0 amide bonds. The van der Waals surface area contributed by atoms with Gasteiger partial charge in [0.15, 0.2) is 0 Å². The molecular formula is C20H21N3O2S. The van der Waals surface area contributed by atoms with Crippen LogP contribution in [-0.4, -0.2) is 20.4 Å². The summed E-state index contributed by atoms with van der Waals surface area (Å²) in [6.45, 7) is 3.65. The Morgan fingerprint density at radius 3 is 2.35 bits per heavy atom. The summed E-state index contributed by atoms with van der Waals surface area (Å²) < 4.78 is 27.9. The molecule has 0 aliphatic heterocycles. The predicted octanol–water partition coefficient (Wildman–Crippen LogP) is 4.27. The fourth-order valence-corrected chi connectivity index (χ4v) is 4.01. The summed E-state index contributed by atoms with van der Waals surface area (Å²) in [7, 11) is -1.74. The van der Waals surface area contributed by atoms with Crippen molar-refractivity contribution in [3.05, 3.63) is 78.0 Å². The highest BCUT2D eigenvalue weighted by molar-refractivity contribution is 7.92. The molecule has 0 spiro atoms. The second-order valence-corrected chi connectivity index (χ2v) is 7.82. The van der Waals surface area contributed by atoms with Crippen LogP contribution in [0.1, 0.15) is 11.1 Å². The third kappa shape index (κ3) is 3.86. The van der Waals surface area contributed by atoms with Gasteiger partial charge in [-0.2, -0.15) is 0 Å². The first-order valence-corrected chi connectivity index (χ1v) is 9.70. The Kier molecular flexibility index (Phi) is 4.95. The molecule has 0 fully saturated rings. The monoisotopic (exact) mass is 367 g/mol. The lowest BCUT2D eigenvalue weighted by Gasteiger charge is -2.18. The number of hydrogen-bond acceptors (Lipinski definition) is 4. The van der Waals surface area contributed by atoms with Gasteiger partial charge in [-0.15, -0.1) is 0 Å². The van der Waals surface area contributed by atoms with E-state index in [1.54, 1.807) is 31.2 Å². The van der Waals surface area contributed by atoms with Gasteiger partial charge in [0.2, 0.25) is 0 Å². The summed E-state index contributed by atoms with van der Waals surface area (Å²) in [6, 6.07) is 18.7. The third-order valence-electron chi connectivity index (χ3n) is 4.12. The Balaban J connectivity index is 1.82. The lowest BCUT2D eigenvalue weighted by molar-refractivity contribution is 0.600. The lowest BCUT2D eigenvalue weighted by Crippen LogP contribution is -2.15. The van der Waals surface area contributed by atoms with E-state index in [2.05, 4.69) is 9.71 Å². The number of para-hydroxylation sites is 1. The van der Waals surface area contributed by atoms with E-state index in [1.165, 1.54) is 6.20 Å². The number of aryl methyl sites for hydroxylation is 2. The molecule has 0 aliphatic rings. The van der Waals surface area contributed by atoms with Crippen LogP contribution in [0.15, 0.2) is 71.8 Å². The fraction of sp³-hybridized carbons (Fsp3) is 0.150. The molecule has 0 bridgehead atoms. The third-order valence-corrected chi connectivity index (χ3v) is 5.64. The largest absolute Gasteiger partial charge is 0.329 e. The number of aromatic nitrogens is 1. The lowest BCUT2D eigenvalue weighted by atomic mass is 10.2. The van der Waals surface area contributed by atoms with Gasteiger partial charge in [-0.3, -0.25) is 4.72 Å². The molecule has 1 aromatic heterocycles. The average Bonchev–Trinajstić information content (AvgIpc) is 2.64. The van der Waals surface area contributed by atoms with Crippen LogP contribution < -0.4 is 9.62 Å². The van der Waals surface area contributed by atoms with E-state index in [1.807, 2.05) is 55.3 Å². The molecule has 5 nitrogen and oxygen atoms in total. The van der Waals surface area contributed by atoms with E-state index >= 15 is 0 Å². The van der Waals surface area contributed by atoms with Crippen molar-refractivity contribution in [2.45, 2.75) is 18.7 Å². The van der Waals surface area contributed by atoms with Crippen molar-refractivity contribution in [2.24, 2.45) is 0 Å². The fourth-order valence-electron chi connectivity index (χ4n) is 2.64. The van der Waals surface area contributed by atoms with Crippen molar-refractivity contribution in [3.63, 3.8) is 0 Å². The number of benzene rings is 2. The molecule has 0 unspecified atom stereocenters. The van der Waals surface area contributed by atoms with Crippen molar-refractivity contribution < 1.29 is 8.42 Å². The number of nitrogens with zero attached hydrogens (tertiary/aromatic N) is 2. The number of rotatable bonds is 5. The molecular weight excluding hydrogens is 346 g/mol. The Bertz CT molecular complexity index is 1000. The van der Waals surface area contributed by atoms with Gasteiger partial charge in [0.25, 0.3) is 10.0 Å². The van der Waals surface area contributed by atoms with E-state index in [-0.39, 0.29) is 4.90 Å². The van der Waals surface area contributed by atoms with E-state index in [9.17, 15) is 8.42 Å². The van der Waals surface area contributed by atoms with Crippen LogP contribution >= 0.6 is 0 Å². The summed E-state index contributed by atoms with van der Waals surface area (Å²) >= 11 is 0. The summed E-state index contributed by atoms with van der Waals surface area (Å²) in [5.41, 5.74) is 3.03.